The number of nitrogens with zero attached hydrogens (tertiary/aromatic N) is 2. The first-order valence-electron chi connectivity index (χ1n) is 8.49. The van der Waals surface area contributed by atoms with E-state index in [2.05, 4.69) is 15.6 Å². The summed E-state index contributed by atoms with van der Waals surface area (Å²) in [7, 11) is 1.61. The van der Waals surface area contributed by atoms with Gasteiger partial charge in [0.05, 0.1) is 7.11 Å². The maximum atomic E-state index is 12.0. The Morgan fingerprint density at radius 1 is 1.07 bits per heavy atom. The summed E-state index contributed by atoms with van der Waals surface area (Å²) in [5, 5.41) is 14.6. The Morgan fingerprint density at radius 3 is 2.46 bits per heavy atom. The smallest absolute Gasteiger partial charge is 0.319 e. The van der Waals surface area contributed by atoms with E-state index in [1.807, 2.05) is 30.3 Å². The highest BCUT2D eigenvalue weighted by Crippen LogP contribution is 2.23. The first-order valence-corrected chi connectivity index (χ1v) is 8.49. The molecule has 140 valence electrons. The van der Waals surface area contributed by atoms with Gasteiger partial charge < -0.3 is 20.1 Å². The summed E-state index contributed by atoms with van der Waals surface area (Å²) in [6.07, 6.45) is 1.55. The molecule has 0 spiro atoms. The molecule has 1 heterocycles. The summed E-state index contributed by atoms with van der Waals surface area (Å²) in [6.45, 7) is 0.396. The van der Waals surface area contributed by atoms with Gasteiger partial charge in [-0.2, -0.15) is 5.26 Å². The number of nitrogens with one attached hydrogen (secondary N) is 2. The zero-order valence-electron chi connectivity index (χ0n) is 15.2. The van der Waals surface area contributed by atoms with Gasteiger partial charge >= 0.3 is 6.03 Å². The van der Waals surface area contributed by atoms with Crippen LogP contribution in [-0.2, 0) is 6.54 Å². The zero-order chi connectivity index (χ0) is 19.8. The molecule has 2 N–H and O–H groups in total. The summed E-state index contributed by atoms with van der Waals surface area (Å²) in [5.74, 6) is 1.52. The van der Waals surface area contributed by atoms with Crippen molar-refractivity contribution in [3.63, 3.8) is 0 Å². The predicted molar refractivity (Wildman–Crippen MR) is 104 cm³/mol. The number of methoxy groups -OCH3 is 1. The number of ether oxygens (including phenoxy) is 2. The van der Waals surface area contributed by atoms with Gasteiger partial charge in [0.25, 0.3) is 0 Å². The van der Waals surface area contributed by atoms with Gasteiger partial charge in [-0.3, -0.25) is 0 Å². The van der Waals surface area contributed by atoms with E-state index in [1.54, 1.807) is 49.7 Å². The third-order valence-electron chi connectivity index (χ3n) is 3.83. The van der Waals surface area contributed by atoms with Crippen LogP contribution in [0.5, 0.6) is 17.4 Å². The fourth-order valence-electron chi connectivity index (χ4n) is 2.38. The average Bonchev–Trinajstić information content (AvgIpc) is 2.74. The Balaban J connectivity index is 1.53. The number of hydrogen-bond acceptors (Lipinski definition) is 5. The molecule has 2 aromatic carbocycles. The zero-order valence-corrected chi connectivity index (χ0v) is 15.2. The van der Waals surface area contributed by atoms with Crippen LogP contribution in [0.2, 0.25) is 0 Å². The molecule has 0 fully saturated rings. The maximum Gasteiger partial charge on any atom is 0.319 e. The van der Waals surface area contributed by atoms with Gasteiger partial charge in [0.2, 0.25) is 5.88 Å². The van der Waals surface area contributed by atoms with Crippen LogP contribution >= 0.6 is 0 Å². The van der Waals surface area contributed by atoms with Crippen molar-refractivity contribution in [2.45, 2.75) is 6.54 Å². The molecule has 28 heavy (non-hydrogen) atoms. The Kier molecular flexibility index (Phi) is 6.06. The van der Waals surface area contributed by atoms with Gasteiger partial charge in [-0.15, -0.1) is 0 Å². The Morgan fingerprint density at radius 2 is 1.79 bits per heavy atom. The van der Waals surface area contributed by atoms with E-state index in [9.17, 15) is 4.79 Å². The molecular weight excluding hydrogens is 356 g/mol. The molecule has 0 aliphatic carbocycles. The van der Waals surface area contributed by atoms with E-state index in [4.69, 9.17) is 14.7 Å². The topological polar surface area (TPSA) is 96.3 Å². The van der Waals surface area contributed by atoms with Crippen molar-refractivity contribution in [3.8, 4) is 23.4 Å². The lowest BCUT2D eigenvalue weighted by Gasteiger charge is -2.10. The minimum absolute atomic E-state index is 0.239. The van der Waals surface area contributed by atoms with Crippen LogP contribution in [0.15, 0.2) is 66.9 Å². The van der Waals surface area contributed by atoms with E-state index in [0.29, 0.717) is 23.5 Å². The lowest BCUT2D eigenvalue weighted by atomic mass is 10.2. The van der Waals surface area contributed by atoms with Gasteiger partial charge in [-0.05, 0) is 54.1 Å². The molecule has 7 nitrogen and oxygen atoms in total. The van der Waals surface area contributed by atoms with Gasteiger partial charge in [-0.1, -0.05) is 12.1 Å². The third kappa shape index (κ3) is 4.99. The summed E-state index contributed by atoms with van der Waals surface area (Å²) in [4.78, 5) is 16.1. The van der Waals surface area contributed by atoms with Gasteiger partial charge in [0.15, 0.2) is 0 Å². The summed E-state index contributed by atoms with van der Waals surface area (Å²) in [6, 6.07) is 19.3. The van der Waals surface area contributed by atoms with E-state index in [1.165, 1.54) is 0 Å². The molecule has 0 atom stereocenters. The van der Waals surface area contributed by atoms with Crippen LogP contribution in [0.3, 0.4) is 0 Å². The average molecular weight is 374 g/mol. The van der Waals surface area contributed by atoms with Crippen molar-refractivity contribution in [1.82, 2.24) is 10.3 Å². The van der Waals surface area contributed by atoms with Crippen molar-refractivity contribution < 1.29 is 14.3 Å². The number of aromatic nitrogens is 1. The van der Waals surface area contributed by atoms with Gasteiger partial charge in [0, 0.05) is 18.4 Å². The number of amides is 2. The standard InChI is InChI=1S/C21H18N4O3/c1-27-18-8-4-15(5-9-18)14-24-21(26)25-17-6-10-19(11-7-17)28-20-16(13-22)3-2-12-23-20/h2-12H,14H2,1H3,(H2,24,25,26). The van der Waals surface area contributed by atoms with Crippen LogP contribution in [-0.4, -0.2) is 18.1 Å². The normalized spacial score (nSPS) is 9.86. The van der Waals surface area contributed by atoms with Crippen LogP contribution in [0.25, 0.3) is 0 Å². The molecule has 1 aromatic heterocycles. The van der Waals surface area contributed by atoms with Crippen molar-refractivity contribution in [2.75, 3.05) is 12.4 Å². The molecule has 0 aliphatic heterocycles. The molecule has 2 amide bonds. The minimum Gasteiger partial charge on any atom is -0.497 e. The van der Waals surface area contributed by atoms with Crippen LogP contribution in [0, 0.1) is 11.3 Å². The molecule has 0 saturated heterocycles. The van der Waals surface area contributed by atoms with E-state index in [-0.39, 0.29) is 11.9 Å². The highest BCUT2D eigenvalue weighted by molar-refractivity contribution is 5.89. The highest BCUT2D eigenvalue weighted by Gasteiger charge is 2.06. The lowest BCUT2D eigenvalue weighted by molar-refractivity contribution is 0.251. The van der Waals surface area contributed by atoms with Gasteiger partial charge in [-0.25, -0.2) is 9.78 Å². The molecule has 0 radical (unpaired) electrons. The van der Waals surface area contributed by atoms with Crippen molar-refractivity contribution >= 4 is 11.7 Å². The first kappa shape index (κ1) is 18.7. The monoisotopic (exact) mass is 374 g/mol. The van der Waals surface area contributed by atoms with Crippen LogP contribution in [0.1, 0.15) is 11.1 Å². The largest absolute Gasteiger partial charge is 0.497 e. The van der Waals surface area contributed by atoms with E-state index in [0.717, 1.165) is 11.3 Å². The summed E-state index contributed by atoms with van der Waals surface area (Å²) < 4.78 is 10.7. The summed E-state index contributed by atoms with van der Waals surface area (Å²) >= 11 is 0. The van der Waals surface area contributed by atoms with Gasteiger partial charge in [0.1, 0.15) is 23.1 Å². The Hall–Kier alpha value is -4.05. The number of rotatable bonds is 6. The molecule has 0 bridgehead atoms. The number of carbonyl (C=O) groups is 1. The second kappa shape index (κ2) is 9.05. The van der Waals surface area contributed by atoms with E-state index >= 15 is 0 Å². The second-order valence-corrected chi connectivity index (χ2v) is 5.75. The SMILES string of the molecule is COc1ccc(CNC(=O)Nc2ccc(Oc3ncccc3C#N)cc2)cc1. The number of hydrogen-bond donors (Lipinski definition) is 2. The third-order valence-corrected chi connectivity index (χ3v) is 3.83. The molecule has 0 saturated carbocycles. The fourth-order valence-corrected chi connectivity index (χ4v) is 2.38. The predicted octanol–water partition coefficient (Wildman–Crippen LogP) is 4.08. The highest BCUT2D eigenvalue weighted by atomic mass is 16.5. The number of pyridine rings is 1. The van der Waals surface area contributed by atoms with Crippen LogP contribution in [0.4, 0.5) is 10.5 Å². The number of anilines is 1. The quantitative estimate of drug-likeness (QED) is 0.678. The van der Waals surface area contributed by atoms with Crippen LogP contribution < -0.4 is 20.1 Å². The van der Waals surface area contributed by atoms with Crippen molar-refractivity contribution in [3.05, 3.63) is 78.0 Å². The van der Waals surface area contributed by atoms with E-state index < -0.39 is 0 Å². The van der Waals surface area contributed by atoms with Crippen molar-refractivity contribution in [2.24, 2.45) is 0 Å². The molecule has 0 unspecified atom stereocenters. The number of urea groups is 1. The molecule has 3 rings (SSSR count). The molecule has 0 aliphatic rings. The molecule has 7 heteroatoms. The first-order chi connectivity index (χ1) is 13.7. The Labute approximate surface area is 162 Å². The fraction of sp³-hybridized carbons (Fsp3) is 0.0952. The number of nitriles is 1. The van der Waals surface area contributed by atoms with Crippen molar-refractivity contribution in [1.29, 1.82) is 5.26 Å². The number of benzene rings is 2. The molecule has 3 aromatic rings. The summed E-state index contributed by atoms with van der Waals surface area (Å²) in [5.41, 5.74) is 1.92. The minimum atomic E-state index is -0.319. The number of carbonyl (C=O) groups excluding carboxylic acids is 1. The second-order valence-electron chi connectivity index (χ2n) is 5.75. The maximum absolute atomic E-state index is 12.0. The Bertz CT molecular complexity index is 980. The molecular formula is C21H18N4O3. The lowest BCUT2D eigenvalue weighted by Crippen LogP contribution is -2.28.